The van der Waals surface area contributed by atoms with E-state index in [0.29, 0.717) is 16.8 Å². The van der Waals surface area contributed by atoms with E-state index in [1.807, 2.05) is 6.92 Å². The van der Waals surface area contributed by atoms with Crippen LogP contribution in [0.3, 0.4) is 0 Å². The van der Waals surface area contributed by atoms with Crippen LogP contribution in [0.4, 0.5) is 0 Å². The second-order valence-electron chi connectivity index (χ2n) is 5.12. The highest BCUT2D eigenvalue weighted by Gasteiger charge is 2.22. The first-order valence-electron chi connectivity index (χ1n) is 6.74. The lowest BCUT2D eigenvalue weighted by Crippen LogP contribution is -2.21. The van der Waals surface area contributed by atoms with Crippen molar-refractivity contribution in [3.05, 3.63) is 33.1 Å². The minimum atomic E-state index is -3.44. The lowest BCUT2D eigenvalue weighted by Gasteiger charge is -2.02. The molecule has 0 radical (unpaired) electrons. The normalized spacial score (nSPS) is 15.5. The summed E-state index contributed by atoms with van der Waals surface area (Å²) in [5.41, 5.74) is 2.73. The molecule has 0 aliphatic heterocycles. The number of sulfonamides is 1. The van der Waals surface area contributed by atoms with Crippen LogP contribution in [-0.2, 0) is 23.1 Å². The van der Waals surface area contributed by atoms with Gasteiger partial charge in [0.1, 0.15) is 4.21 Å². The van der Waals surface area contributed by atoms with Gasteiger partial charge >= 0.3 is 0 Å². The van der Waals surface area contributed by atoms with E-state index in [2.05, 4.69) is 15.0 Å². The maximum absolute atomic E-state index is 12.3. The maximum Gasteiger partial charge on any atom is 0.250 e. The Kier molecular flexibility index (Phi) is 4.41. The number of rotatable bonds is 7. The molecule has 0 atom stereocenters. The molecular formula is C13H17N3O2S3. The Hall–Kier alpha value is -0.800. The van der Waals surface area contributed by atoms with E-state index in [9.17, 15) is 8.42 Å². The molecule has 1 aliphatic rings. The molecule has 0 spiro atoms. The van der Waals surface area contributed by atoms with E-state index in [1.54, 1.807) is 17.8 Å². The van der Waals surface area contributed by atoms with Gasteiger partial charge in [0.05, 0.1) is 5.51 Å². The minimum Gasteiger partial charge on any atom is -0.309 e. The van der Waals surface area contributed by atoms with Crippen molar-refractivity contribution in [3.8, 4) is 0 Å². The third-order valence-electron chi connectivity index (χ3n) is 3.31. The van der Waals surface area contributed by atoms with Gasteiger partial charge in [-0.1, -0.05) is 0 Å². The molecule has 2 N–H and O–H groups in total. The summed E-state index contributed by atoms with van der Waals surface area (Å²) in [5, 5.41) is 3.42. The molecule has 1 saturated carbocycles. The van der Waals surface area contributed by atoms with Crippen molar-refractivity contribution in [2.45, 2.75) is 43.1 Å². The fourth-order valence-corrected chi connectivity index (χ4v) is 5.10. The smallest absolute Gasteiger partial charge is 0.250 e. The summed E-state index contributed by atoms with van der Waals surface area (Å²) in [7, 11) is -3.44. The summed E-state index contributed by atoms with van der Waals surface area (Å²) < 4.78 is 27.6. The molecule has 21 heavy (non-hydrogen) atoms. The van der Waals surface area contributed by atoms with Gasteiger partial charge in [-0.3, -0.25) is 4.98 Å². The van der Waals surface area contributed by atoms with Crippen LogP contribution in [0.1, 0.15) is 28.2 Å². The number of thiazole rings is 1. The second kappa shape index (κ2) is 6.13. The van der Waals surface area contributed by atoms with Gasteiger partial charge in [-0.15, -0.1) is 22.7 Å². The highest BCUT2D eigenvalue weighted by Crippen LogP contribution is 2.27. The average Bonchev–Trinajstić information content (AvgIpc) is 2.98. The molecule has 1 aliphatic carbocycles. The van der Waals surface area contributed by atoms with Gasteiger partial charge in [0, 0.05) is 35.1 Å². The topological polar surface area (TPSA) is 71.1 Å². The number of nitrogens with zero attached hydrogens (tertiary/aromatic N) is 1. The standard InChI is InChI=1S/C13H17N3O2S3/c1-9-4-13(20-12(9)7-15-10-2-3-10)21(17,18)16-6-11-5-14-8-19-11/h4-5,8,10,15-16H,2-3,6-7H2,1H3. The van der Waals surface area contributed by atoms with Gasteiger partial charge < -0.3 is 5.32 Å². The first-order valence-corrected chi connectivity index (χ1v) is 9.92. The molecule has 114 valence electrons. The van der Waals surface area contributed by atoms with Crippen LogP contribution in [0.15, 0.2) is 22.0 Å². The van der Waals surface area contributed by atoms with Crippen LogP contribution < -0.4 is 10.0 Å². The van der Waals surface area contributed by atoms with E-state index in [0.717, 1.165) is 21.9 Å². The molecule has 0 amide bonds. The first-order chi connectivity index (χ1) is 10.0. The van der Waals surface area contributed by atoms with Gasteiger partial charge in [-0.25, -0.2) is 13.1 Å². The zero-order chi connectivity index (χ0) is 14.9. The van der Waals surface area contributed by atoms with Crippen molar-refractivity contribution in [1.82, 2.24) is 15.0 Å². The van der Waals surface area contributed by atoms with E-state index in [-0.39, 0.29) is 0 Å². The molecule has 0 saturated heterocycles. The van der Waals surface area contributed by atoms with Gasteiger partial charge in [0.2, 0.25) is 10.0 Å². The Morgan fingerprint density at radius 2 is 2.19 bits per heavy atom. The van der Waals surface area contributed by atoms with Crippen LogP contribution in [0, 0.1) is 6.92 Å². The first kappa shape index (κ1) is 15.1. The predicted molar refractivity (Wildman–Crippen MR) is 85.1 cm³/mol. The third-order valence-corrected chi connectivity index (χ3v) is 7.20. The number of hydrogen-bond acceptors (Lipinski definition) is 6. The highest BCUT2D eigenvalue weighted by atomic mass is 32.2. The molecule has 2 aromatic rings. The second-order valence-corrected chi connectivity index (χ2v) is 9.22. The number of hydrogen-bond donors (Lipinski definition) is 2. The number of nitrogens with one attached hydrogen (secondary N) is 2. The van der Waals surface area contributed by atoms with Crippen molar-refractivity contribution < 1.29 is 8.42 Å². The van der Waals surface area contributed by atoms with Crippen LogP contribution in [0.25, 0.3) is 0 Å². The van der Waals surface area contributed by atoms with E-state index in [1.165, 1.54) is 35.5 Å². The minimum absolute atomic E-state index is 0.291. The summed E-state index contributed by atoms with van der Waals surface area (Å²) in [5.74, 6) is 0. The quantitative estimate of drug-likeness (QED) is 0.809. The van der Waals surface area contributed by atoms with Crippen molar-refractivity contribution in [2.75, 3.05) is 0 Å². The molecule has 3 rings (SSSR count). The molecule has 8 heteroatoms. The molecule has 2 heterocycles. The number of thiophene rings is 1. The summed E-state index contributed by atoms with van der Waals surface area (Å²) >= 11 is 2.79. The Morgan fingerprint density at radius 3 is 2.86 bits per heavy atom. The molecule has 0 unspecified atom stereocenters. The van der Waals surface area contributed by atoms with Crippen molar-refractivity contribution in [1.29, 1.82) is 0 Å². The fraction of sp³-hybridized carbons (Fsp3) is 0.462. The largest absolute Gasteiger partial charge is 0.309 e. The highest BCUT2D eigenvalue weighted by molar-refractivity contribution is 7.91. The van der Waals surface area contributed by atoms with Crippen LogP contribution in [0.2, 0.25) is 0 Å². The van der Waals surface area contributed by atoms with Crippen LogP contribution in [-0.4, -0.2) is 19.4 Å². The van der Waals surface area contributed by atoms with Gasteiger partial charge in [-0.05, 0) is 31.4 Å². The number of aryl methyl sites for hydroxylation is 1. The van der Waals surface area contributed by atoms with Crippen molar-refractivity contribution in [2.24, 2.45) is 0 Å². The monoisotopic (exact) mass is 343 g/mol. The Labute approximate surface area is 132 Å². The zero-order valence-corrected chi connectivity index (χ0v) is 14.1. The summed E-state index contributed by atoms with van der Waals surface area (Å²) in [6.07, 6.45) is 4.13. The fourth-order valence-electron chi connectivity index (χ4n) is 1.89. The van der Waals surface area contributed by atoms with Crippen LogP contribution in [0.5, 0.6) is 0 Å². The Balaban J connectivity index is 1.67. The third kappa shape index (κ3) is 3.89. The van der Waals surface area contributed by atoms with Gasteiger partial charge in [-0.2, -0.15) is 0 Å². The summed E-state index contributed by atoms with van der Waals surface area (Å²) in [6, 6.07) is 2.37. The molecule has 1 fully saturated rings. The lowest BCUT2D eigenvalue weighted by molar-refractivity contribution is 0.584. The van der Waals surface area contributed by atoms with Crippen molar-refractivity contribution in [3.63, 3.8) is 0 Å². The Morgan fingerprint density at radius 1 is 1.38 bits per heavy atom. The summed E-state index contributed by atoms with van der Waals surface area (Å²) in [6.45, 7) is 3.01. The van der Waals surface area contributed by atoms with E-state index in [4.69, 9.17) is 0 Å². The van der Waals surface area contributed by atoms with E-state index >= 15 is 0 Å². The predicted octanol–water partition coefficient (Wildman–Crippen LogP) is 2.24. The molecule has 0 aromatic carbocycles. The molecule has 2 aromatic heterocycles. The number of aromatic nitrogens is 1. The molecule has 5 nitrogen and oxygen atoms in total. The average molecular weight is 343 g/mol. The van der Waals surface area contributed by atoms with Crippen molar-refractivity contribution >= 4 is 32.7 Å². The molecular weight excluding hydrogens is 326 g/mol. The SMILES string of the molecule is Cc1cc(S(=O)(=O)NCc2cncs2)sc1CNC1CC1. The summed E-state index contributed by atoms with van der Waals surface area (Å²) in [4.78, 5) is 5.94. The van der Waals surface area contributed by atoms with Crippen LogP contribution >= 0.6 is 22.7 Å². The Bertz CT molecular complexity index is 703. The van der Waals surface area contributed by atoms with E-state index < -0.39 is 10.0 Å². The lowest BCUT2D eigenvalue weighted by atomic mass is 10.3. The van der Waals surface area contributed by atoms with Gasteiger partial charge in [0.25, 0.3) is 0 Å². The molecule has 0 bridgehead atoms. The maximum atomic E-state index is 12.3. The zero-order valence-electron chi connectivity index (χ0n) is 11.6. The van der Waals surface area contributed by atoms with Gasteiger partial charge in [0.15, 0.2) is 0 Å².